The molecule has 1 saturated heterocycles. The quantitative estimate of drug-likeness (QED) is 0.675. The molecule has 0 aromatic carbocycles. The molecule has 94 valence electrons. The van der Waals surface area contributed by atoms with Crippen LogP contribution < -0.4 is 5.73 Å². The van der Waals surface area contributed by atoms with Crippen LogP contribution in [0.1, 0.15) is 20.8 Å². The van der Waals surface area contributed by atoms with E-state index in [2.05, 4.69) is 0 Å². The zero-order chi connectivity index (χ0) is 12.3. The fourth-order valence-corrected chi connectivity index (χ4v) is 1.60. The largest absolute Gasteiger partial charge is 0.394 e. The molecule has 5 nitrogen and oxygen atoms in total. The summed E-state index contributed by atoms with van der Waals surface area (Å²) < 4.78 is 5.29. The molecule has 3 N–H and O–H groups in total. The predicted molar refractivity (Wildman–Crippen MR) is 60.8 cm³/mol. The van der Waals surface area contributed by atoms with E-state index in [-0.39, 0.29) is 24.0 Å². The Hall–Kier alpha value is -0.650. The first-order valence-electron chi connectivity index (χ1n) is 5.63. The van der Waals surface area contributed by atoms with Gasteiger partial charge in [-0.05, 0) is 5.41 Å². The number of nitrogens with two attached hydrogens (primary N) is 1. The number of hydrogen-bond donors (Lipinski definition) is 2. The van der Waals surface area contributed by atoms with Crippen LogP contribution in [0.25, 0.3) is 0 Å². The fourth-order valence-electron chi connectivity index (χ4n) is 1.60. The highest BCUT2D eigenvalue weighted by Gasteiger charge is 2.33. The van der Waals surface area contributed by atoms with E-state index in [1.54, 1.807) is 4.90 Å². The van der Waals surface area contributed by atoms with Crippen LogP contribution in [-0.4, -0.2) is 54.4 Å². The normalized spacial score (nSPS) is 24.3. The van der Waals surface area contributed by atoms with Crippen molar-refractivity contribution in [1.82, 2.24) is 4.90 Å². The first-order chi connectivity index (χ1) is 7.36. The summed E-state index contributed by atoms with van der Waals surface area (Å²) in [7, 11) is 0. The number of aliphatic hydroxyl groups excluding tert-OH is 1. The maximum Gasteiger partial charge on any atom is 0.240 e. The molecule has 0 spiro atoms. The summed E-state index contributed by atoms with van der Waals surface area (Å²) in [4.78, 5) is 13.8. The second-order valence-electron chi connectivity index (χ2n) is 5.30. The van der Waals surface area contributed by atoms with Crippen molar-refractivity contribution in [2.24, 2.45) is 11.1 Å². The van der Waals surface area contributed by atoms with Gasteiger partial charge in [-0.25, -0.2) is 0 Å². The van der Waals surface area contributed by atoms with Gasteiger partial charge >= 0.3 is 0 Å². The minimum Gasteiger partial charge on any atom is -0.394 e. The van der Waals surface area contributed by atoms with Crippen LogP contribution in [0.2, 0.25) is 0 Å². The molecule has 2 unspecified atom stereocenters. The molecule has 1 heterocycles. The summed E-state index contributed by atoms with van der Waals surface area (Å²) in [6, 6.07) is -0.509. The van der Waals surface area contributed by atoms with Crippen LogP contribution in [0.5, 0.6) is 0 Å². The average molecular weight is 230 g/mol. The number of nitrogens with zero attached hydrogens (tertiary/aromatic N) is 1. The molecule has 0 saturated carbocycles. The number of aliphatic hydroxyl groups is 1. The van der Waals surface area contributed by atoms with E-state index in [4.69, 9.17) is 15.6 Å². The lowest BCUT2D eigenvalue weighted by molar-refractivity contribution is -0.143. The molecule has 0 radical (unpaired) electrons. The zero-order valence-electron chi connectivity index (χ0n) is 10.3. The molecule has 1 aliphatic rings. The Balaban J connectivity index is 2.60. The van der Waals surface area contributed by atoms with Gasteiger partial charge in [-0.15, -0.1) is 0 Å². The van der Waals surface area contributed by atoms with Crippen molar-refractivity contribution in [2.75, 3.05) is 26.3 Å². The molecule has 1 aliphatic heterocycles. The van der Waals surface area contributed by atoms with Crippen LogP contribution in [-0.2, 0) is 9.53 Å². The molecule has 2 atom stereocenters. The number of carbonyl (C=O) groups is 1. The van der Waals surface area contributed by atoms with Gasteiger partial charge in [-0.2, -0.15) is 0 Å². The Labute approximate surface area is 96.6 Å². The van der Waals surface area contributed by atoms with E-state index in [0.717, 1.165) is 0 Å². The highest BCUT2D eigenvalue weighted by atomic mass is 16.5. The van der Waals surface area contributed by atoms with E-state index in [0.29, 0.717) is 19.7 Å². The van der Waals surface area contributed by atoms with Gasteiger partial charge < -0.3 is 20.5 Å². The van der Waals surface area contributed by atoms with Crippen LogP contribution >= 0.6 is 0 Å². The van der Waals surface area contributed by atoms with Crippen molar-refractivity contribution in [3.8, 4) is 0 Å². The summed E-state index contributed by atoms with van der Waals surface area (Å²) >= 11 is 0. The molecule has 5 heteroatoms. The van der Waals surface area contributed by atoms with Crippen molar-refractivity contribution in [2.45, 2.75) is 32.9 Å². The molecule has 1 rings (SSSR count). The van der Waals surface area contributed by atoms with Gasteiger partial charge in [0.25, 0.3) is 0 Å². The third kappa shape index (κ3) is 3.17. The van der Waals surface area contributed by atoms with Crippen molar-refractivity contribution < 1.29 is 14.6 Å². The van der Waals surface area contributed by atoms with Gasteiger partial charge in [0.15, 0.2) is 0 Å². The third-order valence-corrected chi connectivity index (χ3v) is 2.85. The van der Waals surface area contributed by atoms with Crippen LogP contribution in [0.4, 0.5) is 0 Å². The lowest BCUT2D eigenvalue weighted by Crippen LogP contribution is -2.55. The number of hydrogen-bond acceptors (Lipinski definition) is 4. The number of amides is 1. The summed E-state index contributed by atoms with van der Waals surface area (Å²) in [5.74, 6) is -0.0609. The zero-order valence-corrected chi connectivity index (χ0v) is 10.3. The molecule has 0 bridgehead atoms. The van der Waals surface area contributed by atoms with Crippen molar-refractivity contribution in [3.05, 3.63) is 0 Å². The highest BCUT2D eigenvalue weighted by molar-refractivity contribution is 5.82. The van der Waals surface area contributed by atoms with Gasteiger partial charge in [-0.3, -0.25) is 4.79 Å². The monoisotopic (exact) mass is 230 g/mol. The van der Waals surface area contributed by atoms with Crippen LogP contribution in [0, 0.1) is 5.41 Å². The van der Waals surface area contributed by atoms with Crippen LogP contribution in [0.15, 0.2) is 0 Å². The second kappa shape index (κ2) is 5.12. The smallest absolute Gasteiger partial charge is 0.240 e. The first kappa shape index (κ1) is 13.4. The number of morpholine rings is 1. The Morgan fingerprint density at radius 3 is 2.75 bits per heavy atom. The van der Waals surface area contributed by atoms with E-state index < -0.39 is 6.04 Å². The van der Waals surface area contributed by atoms with E-state index in [1.165, 1.54) is 0 Å². The SMILES string of the molecule is CC(C)(C)C(N)C(=O)N1CCOC(CO)C1. The summed E-state index contributed by atoms with van der Waals surface area (Å²) in [5, 5.41) is 8.99. The topological polar surface area (TPSA) is 75.8 Å². The first-order valence-corrected chi connectivity index (χ1v) is 5.63. The molecule has 0 aromatic heterocycles. The van der Waals surface area contributed by atoms with E-state index in [9.17, 15) is 4.79 Å². The maximum atomic E-state index is 12.1. The van der Waals surface area contributed by atoms with E-state index in [1.807, 2.05) is 20.8 Å². The number of ether oxygens (including phenoxy) is 1. The van der Waals surface area contributed by atoms with Gasteiger partial charge in [0.05, 0.1) is 25.4 Å². The molecular formula is C11H22N2O3. The maximum absolute atomic E-state index is 12.1. The molecule has 0 aromatic rings. The Bertz CT molecular complexity index is 250. The van der Waals surface area contributed by atoms with Crippen molar-refractivity contribution >= 4 is 5.91 Å². The molecule has 1 amide bonds. The Kier molecular flexibility index (Phi) is 4.29. The lowest BCUT2D eigenvalue weighted by Gasteiger charge is -2.36. The standard InChI is InChI=1S/C11H22N2O3/c1-11(2,3)9(12)10(15)13-4-5-16-8(6-13)7-14/h8-9,14H,4-7,12H2,1-3H3. The number of rotatable bonds is 2. The summed E-state index contributed by atoms with van der Waals surface area (Å²) in [6.45, 7) is 7.22. The minimum absolute atomic E-state index is 0.0609. The number of carbonyl (C=O) groups excluding carboxylic acids is 1. The van der Waals surface area contributed by atoms with Gasteiger partial charge in [0.2, 0.25) is 5.91 Å². The van der Waals surface area contributed by atoms with Gasteiger partial charge in [0, 0.05) is 13.1 Å². The third-order valence-electron chi connectivity index (χ3n) is 2.85. The second-order valence-corrected chi connectivity index (χ2v) is 5.30. The van der Waals surface area contributed by atoms with E-state index >= 15 is 0 Å². The fraction of sp³-hybridized carbons (Fsp3) is 0.909. The Morgan fingerprint density at radius 1 is 1.62 bits per heavy atom. The van der Waals surface area contributed by atoms with Crippen LogP contribution in [0.3, 0.4) is 0 Å². The summed E-state index contributed by atoms with van der Waals surface area (Å²) in [5.41, 5.74) is 5.67. The predicted octanol–water partition coefficient (Wildman–Crippen LogP) is -0.420. The van der Waals surface area contributed by atoms with Gasteiger partial charge in [-0.1, -0.05) is 20.8 Å². The lowest BCUT2D eigenvalue weighted by atomic mass is 9.86. The molecule has 1 fully saturated rings. The molecule has 16 heavy (non-hydrogen) atoms. The summed E-state index contributed by atoms with van der Waals surface area (Å²) in [6.07, 6.45) is -0.273. The minimum atomic E-state index is -0.509. The molecular weight excluding hydrogens is 208 g/mol. The highest BCUT2D eigenvalue weighted by Crippen LogP contribution is 2.20. The Morgan fingerprint density at radius 2 is 2.25 bits per heavy atom. The van der Waals surface area contributed by atoms with Gasteiger partial charge in [0.1, 0.15) is 0 Å². The van der Waals surface area contributed by atoms with Crippen molar-refractivity contribution in [1.29, 1.82) is 0 Å². The van der Waals surface area contributed by atoms with Crippen molar-refractivity contribution in [3.63, 3.8) is 0 Å². The average Bonchev–Trinajstić information content (AvgIpc) is 2.26. The molecule has 0 aliphatic carbocycles.